The summed E-state index contributed by atoms with van der Waals surface area (Å²) in [5.41, 5.74) is -0.184. The van der Waals surface area contributed by atoms with Gasteiger partial charge in [0.05, 0.1) is 63.9 Å². The van der Waals surface area contributed by atoms with Crippen LogP contribution in [0.3, 0.4) is 0 Å². The van der Waals surface area contributed by atoms with Gasteiger partial charge in [0.25, 0.3) is 0 Å². The summed E-state index contributed by atoms with van der Waals surface area (Å²) in [6.07, 6.45) is 3.11. The average molecular weight is 726 g/mol. The first-order valence-corrected chi connectivity index (χ1v) is 12.2. The number of ether oxygens (including phenoxy) is 3. The van der Waals surface area contributed by atoms with Crippen LogP contribution in [0.15, 0.2) is 12.4 Å². The molecule has 1 aromatic heterocycles. The molecule has 1 heterocycles. The minimum Gasteiger partial charge on any atom is -0.450 e. The SMILES string of the molecule is CC(C)(C)n1ccnn1.CCOC(=O)NCCOCCO.[CH2-]C(=O)C(C)(C)C.[CH2-]C(=O)NCCOCCO.[Y].[Y]. The predicted octanol–water partition coefficient (Wildman–Crippen LogP) is 1.15. The smallest absolute Gasteiger partial charge is 0.407 e. The molecule has 0 aliphatic rings. The molecule has 0 atom stereocenters. The molecule has 1 aromatic rings. The predicted molar refractivity (Wildman–Crippen MR) is 144 cm³/mol. The van der Waals surface area contributed by atoms with E-state index >= 15 is 0 Å². The number of amides is 2. The van der Waals surface area contributed by atoms with Crippen molar-refractivity contribution in [1.29, 1.82) is 0 Å². The van der Waals surface area contributed by atoms with Crippen LogP contribution in [0.2, 0.25) is 0 Å². The third-order valence-electron chi connectivity index (χ3n) is 3.78. The maximum Gasteiger partial charge on any atom is 0.407 e. The maximum absolute atomic E-state index is 10.6. The third-order valence-corrected chi connectivity index (χ3v) is 3.78. The van der Waals surface area contributed by atoms with Crippen LogP contribution in [0, 0.1) is 19.3 Å². The Labute approximate surface area is 290 Å². The molecular formula is C25H49N5O8Y2-2. The number of ketones is 1. The Bertz CT molecular complexity index is 713. The van der Waals surface area contributed by atoms with Crippen molar-refractivity contribution < 1.29 is 104 Å². The molecule has 230 valence electrons. The molecule has 13 nitrogen and oxygen atoms in total. The van der Waals surface area contributed by atoms with Crippen LogP contribution in [0.1, 0.15) is 48.5 Å². The largest absolute Gasteiger partial charge is 0.450 e. The standard InChI is InChI=1S/C7H15NO4.C6H11N3.C6H12NO3.C6H11O.2Y/c1-2-12-7(10)8-3-5-11-6-4-9;1-6(2,3)9-5-4-7-8-9;1-6(9)7-2-4-10-5-3-8;1-5(7)6(2,3)4;;/h9H,2-6H2,1H3,(H,8,10);4-5H,1-3H3;8H,1-5H2,(H,7,9);1H2,2-4H3;;/q;;2*-1;;. The Hall–Kier alpha value is -0.662. The van der Waals surface area contributed by atoms with Gasteiger partial charge in [-0.2, -0.15) is 0 Å². The summed E-state index contributed by atoms with van der Waals surface area (Å²) in [5, 5.41) is 29.1. The molecule has 4 N–H and O–H groups in total. The number of aliphatic hydroxyl groups excluding tert-OH is 2. The third kappa shape index (κ3) is 39.5. The zero-order valence-corrected chi connectivity index (χ0v) is 30.9. The number of Topliss-reactive ketones (excluding diaryl/α,β-unsaturated/α-hetero) is 1. The van der Waals surface area contributed by atoms with E-state index in [1.54, 1.807) is 13.1 Å². The zero-order chi connectivity index (χ0) is 30.0. The summed E-state index contributed by atoms with van der Waals surface area (Å²) in [5.74, 6) is -0.319. The van der Waals surface area contributed by atoms with Gasteiger partial charge in [-0.3, -0.25) is 0 Å². The van der Waals surface area contributed by atoms with Gasteiger partial charge < -0.3 is 58.5 Å². The minimum atomic E-state index is -0.440. The summed E-state index contributed by atoms with van der Waals surface area (Å²) in [4.78, 5) is 31.1. The van der Waals surface area contributed by atoms with Crippen molar-refractivity contribution in [2.24, 2.45) is 5.41 Å². The van der Waals surface area contributed by atoms with Gasteiger partial charge in [-0.25, -0.2) is 9.48 Å². The van der Waals surface area contributed by atoms with E-state index in [0.717, 1.165) is 0 Å². The van der Waals surface area contributed by atoms with Crippen LogP contribution in [-0.4, -0.2) is 102 Å². The number of hydrogen-bond acceptors (Lipinski definition) is 10. The molecule has 0 aliphatic carbocycles. The van der Waals surface area contributed by atoms with Crippen molar-refractivity contribution in [2.45, 2.75) is 54.0 Å². The molecule has 0 spiro atoms. The fourth-order valence-electron chi connectivity index (χ4n) is 1.57. The number of carbonyl (C=O) groups is 3. The summed E-state index contributed by atoms with van der Waals surface area (Å²) >= 11 is 0. The second-order valence-electron chi connectivity index (χ2n) is 9.36. The number of aliphatic hydroxyl groups is 2. The first-order valence-electron chi connectivity index (χ1n) is 12.2. The van der Waals surface area contributed by atoms with Gasteiger partial charge in [0.15, 0.2) is 0 Å². The Morgan fingerprint density at radius 1 is 0.875 bits per heavy atom. The van der Waals surface area contributed by atoms with E-state index in [1.165, 1.54) is 0 Å². The van der Waals surface area contributed by atoms with Crippen LogP contribution < -0.4 is 10.6 Å². The van der Waals surface area contributed by atoms with Crippen molar-refractivity contribution in [3.63, 3.8) is 0 Å². The Balaban J connectivity index is -0.000000136. The number of aromatic nitrogens is 3. The van der Waals surface area contributed by atoms with Gasteiger partial charge in [-0.1, -0.05) is 26.0 Å². The summed E-state index contributed by atoms with van der Waals surface area (Å²) in [6.45, 7) is 22.6. The van der Waals surface area contributed by atoms with Crippen molar-refractivity contribution in [3.05, 3.63) is 26.2 Å². The van der Waals surface area contributed by atoms with Gasteiger partial charge in [0.2, 0.25) is 0 Å². The number of alkyl carbamates (subject to hydrolysis) is 1. The number of rotatable bonds is 11. The molecule has 0 saturated carbocycles. The Morgan fingerprint density at radius 2 is 1.32 bits per heavy atom. The molecule has 15 heteroatoms. The van der Waals surface area contributed by atoms with Gasteiger partial charge in [0, 0.05) is 90.5 Å². The number of nitrogens with one attached hydrogen (secondary N) is 2. The molecule has 0 fully saturated rings. The fraction of sp³-hybridized carbons (Fsp3) is 0.720. The molecule has 2 radical (unpaired) electrons. The normalized spacial score (nSPS) is 9.82. The topological polar surface area (TPSA) is 174 Å². The average Bonchev–Trinajstić information content (AvgIpc) is 3.35. The van der Waals surface area contributed by atoms with Crippen LogP contribution in [-0.2, 0) is 94.8 Å². The van der Waals surface area contributed by atoms with Crippen molar-refractivity contribution in [1.82, 2.24) is 25.6 Å². The zero-order valence-electron chi connectivity index (χ0n) is 25.3. The molecule has 2 amide bonds. The van der Waals surface area contributed by atoms with Crippen LogP contribution in [0.25, 0.3) is 0 Å². The fourth-order valence-corrected chi connectivity index (χ4v) is 1.57. The quantitative estimate of drug-likeness (QED) is 0.192. The van der Waals surface area contributed by atoms with Crippen LogP contribution >= 0.6 is 0 Å². The summed E-state index contributed by atoms with van der Waals surface area (Å²) in [6, 6.07) is 0. The molecule has 1 rings (SSSR count). The number of carbonyl (C=O) groups excluding carboxylic acids is 3. The van der Waals surface area contributed by atoms with Gasteiger partial charge in [-0.15, -0.1) is 5.10 Å². The van der Waals surface area contributed by atoms with E-state index in [0.29, 0.717) is 46.1 Å². The molecule has 0 bridgehead atoms. The Kier molecular flexibility index (Phi) is 38.3. The van der Waals surface area contributed by atoms with Crippen LogP contribution in [0.4, 0.5) is 4.79 Å². The maximum atomic E-state index is 10.6. The van der Waals surface area contributed by atoms with Crippen LogP contribution in [0.5, 0.6) is 0 Å². The van der Waals surface area contributed by atoms with E-state index in [9.17, 15) is 14.4 Å². The molecular weight excluding hydrogens is 676 g/mol. The van der Waals surface area contributed by atoms with Gasteiger partial charge >= 0.3 is 6.09 Å². The number of hydrogen-bond donors (Lipinski definition) is 4. The first-order chi connectivity index (χ1) is 17.6. The van der Waals surface area contributed by atoms with Gasteiger partial charge in [0.1, 0.15) is 0 Å². The monoisotopic (exact) mass is 725 g/mol. The summed E-state index contributed by atoms with van der Waals surface area (Å²) in [7, 11) is 0. The van der Waals surface area contributed by atoms with E-state index < -0.39 is 6.09 Å². The molecule has 0 aromatic carbocycles. The van der Waals surface area contributed by atoms with E-state index in [4.69, 9.17) is 19.7 Å². The van der Waals surface area contributed by atoms with Gasteiger partial charge in [-0.05, 0) is 33.1 Å². The van der Waals surface area contributed by atoms with E-state index in [1.807, 2.05) is 31.6 Å². The molecule has 0 aliphatic heterocycles. The minimum absolute atomic E-state index is 0. The van der Waals surface area contributed by atoms with Crippen molar-refractivity contribution >= 4 is 17.8 Å². The van der Waals surface area contributed by atoms with E-state index in [2.05, 4.69) is 60.3 Å². The Morgan fingerprint density at radius 3 is 1.60 bits per heavy atom. The second-order valence-corrected chi connectivity index (χ2v) is 9.36. The summed E-state index contributed by atoms with van der Waals surface area (Å²) < 4.78 is 16.2. The molecule has 0 saturated heterocycles. The first kappa shape index (κ1) is 49.0. The van der Waals surface area contributed by atoms with E-state index in [-0.39, 0.29) is 101 Å². The van der Waals surface area contributed by atoms with Crippen molar-refractivity contribution in [3.8, 4) is 0 Å². The van der Waals surface area contributed by atoms with Crippen molar-refractivity contribution in [2.75, 3.05) is 59.3 Å². The molecule has 40 heavy (non-hydrogen) atoms. The second kappa shape index (κ2) is 31.3. The number of nitrogens with zero attached hydrogens (tertiary/aromatic N) is 3. The molecule has 0 unspecified atom stereocenters.